The molecule has 2 atom stereocenters. The Morgan fingerprint density at radius 3 is 1.25 bits per heavy atom. The summed E-state index contributed by atoms with van der Waals surface area (Å²) in [6.07, 6.45) is 3.07. The summed E-state index contributed by atoms with van der Waals surface area (Å²) in [5.74, 6) is 0.313. The van der Waals surface area contributed by atoms with E-state index in [1.165, 1.54) is 36.4 Å². The highest BCUT2D eigenvalue weighted by atomic mass is 35.5. The molecule has 0 saturated heterocycles. The SMILES string of the molecule is O=[N+]([O-])c1cnc(OC(CCOCCC(Oc2ncc([N+](=O)[O-])cc2Cl)c2c(Cl)cc(OCC=C(Cl)Cl)cc2Cl)c2c(Cl)cc(OCC=C(Cl)Cl)cc2Cl)c(Cl)c1. The van der Waals surface area contributed by atoms with E-state index in [4.69, 9.17) is 140 Å². The second-order valence-electron chi connectivity index (χ2n) is 11.1. The number of rotatable bonds is 20. The molecule has 0 bridgehead atoms. The maximum Gasteiger partial charge on any atom is 0.289 e. The normalized spacial score (nSPS) is 12.0. The van der Waals surface area contributed by atoms with Gasteiger partial charge in [0.15, 0.2) is 0 Å². The summed E-state index contributed by atoms with van der Waals surface area (Å²) >= 11 is 62.0. The fraction of sp³-hybridized carbons (Fsp3) is 0.235. The minimum Gasteiger partial charge on any atom is -0.489 e. The van der Waals surface area contributed by atoms with Crippen LogP contribution in [0.25, 0.3) is 0 Å². The summed E-state index contributed by atoms with van der Waals surface area (Å²) in [6.45, 7) is 0.0650. The molecule has 0 aliphatic carbocycles. The minimum absolute atomic E-state index is 0.00552. The van der Waals surface area contributed by atoms with Gasteiger partial charge in [-0.3, -0.25) is 20.2 Å². The molecule has 13 nitrogen and oxygen atoms in total. The molecule has 2 unspecified atom stereocenters. The van der Waals surface area contributed by atoms with Crippen molar-refractivity contribution in [2.75, 3.05) is 26.4 Å². The molecule has 4 rings (SSSR count). The van der Waals surface area contributed by atoms with E-state index in [-0.39, 0.29) is 102 Å². The number of pyridine rings is 2. The van der Waals surface area contributed by atoms with Gasteiger partial charge in [-0.15, -0.1) is 0 Å². The third-order valence-corrected chi connectivity index (χ3v) is 9.70. The zero-order valence-electron chi connectivity index (χ0n) is 28.4. The predicted octanol–water partition coefficient (Wildman–Crippen LogP) is 13.3. The zero-order valence-corrected chi connectivity index (χ0v) is 36.0. The average molecular weight is 987 g/mol. The number of nitro groups is 2. The van der Waals surface area contributed by atoms with E-state index in [0.29, 0.717) is 22.6 Å². The minimum atomic E-state index is -0.960. The van der Waals surface area contributed by atoms with Crippen LogP contribution in [-0.2, 0) is 4.74 Å². The van der Waals surface area contributed by atoms with Gasteiger partial charge < -0.3 is 23.7 Å². The second-order valence-corrected chi connectivity index (χ2v) is 15.5. The van der Waals surface area contributed by atoms with Crippen molar-refractivity contribution >= 4 is 127 Å². The van der Waals surface area contributed by atoms with Crippen LogP contribution >= 0.6 is 116 Å². The molecule has 57 heavy (non-hydrogen) atoms. The van der Waals surface area contributed by atoms with Crippen molar-refractivity contribution in [3.05, 3.63) is 131 Å². The van der Waals surface area contributed by atoms with Crippen LogP contribution in [0.2, 0.25) is 30.1 Å². The first-order valence-electron chi connectivity index (χ1n) is 15.8. The molecule has 0 radical (unpaired) electrons. The first-order chi connectivity index (χ1) is 27.0. The summed E-state index contributed by atoms with van der Waals surface area (Å²) in [5, 5.41) is 22.8. The van der Waals surface area contributed by atoms with Gasteiger partial charge in [-0.1, -0.05) is 116 Å². The zero-order chi connectivity index (χ0) is 41.8. The Labute approximate surface area is 374 Å². The highest BCUT2D eigenvalue weighted by Gasteiger charge is 2.26. The lowest BCUT2D eigenvalue weighted by molar-refractivity contribution is -0.385. The Kier molecular flexibility index (Phi) is 18.4. The van der Waals surface area contributed by atoms with Crippen molar-refractivity contribution in [3.8, 4) is 23.3 Å². The molecule has 0 fully saturated rings. The summed E-state index contributed by atoms with van der Waals surface area (Å²) in [6, 6.07) is 8.14. The predicted molar refractivity (Wildman–Crippen MR) is 222 cm³/mol. The number of nitrogens with zero attached hydrogens (tertiary/aromatic N) is 4. The first-order valence-corrected chi connectivity index (χ1v) is 19.6. The molecule has 304 valence electrons. The number of hydrogen-bond acceptors (Lipinski definition) is 11. The van der Waals surface area contributed by atoms with Crippen LogP contribution in [0.1, 0.15) is 36.2 Å². The Bertz CT molecular complexity index is 1960. The van der Waals surface area contributed by atoms with Crippen LogP contribution in [0.15, 0.2) is 69.9 Å². The molecule has 2 aromatic heterocycles. The van der Waals surface area contributed by atoms with Gasteiger partial charge in [-0.05, 0) is 36.4 Å². The van der Waals surface area contributed by atoms with Crippen LogP contribution in [0.3, 0.4) is 0 Å². The van der Waals surface area contributed by atoms with E-state index in [1.54, 1.807) is 0 Å². The van der Waals surface area contributed by atoms with E-state index >= 15 is 0 Å². The highest BCUT2D eigenvalue weighted by Crippen LogP contribution is 2.42. The first kappa shape index (κ1) is 46.8. The van der Waals surface area contributed by atoms with Crippen LogP contribution in [0, 0.1) is 20.2 Å². The average Bonchev–Trinajstić information content (AvgIpc) is 3.11. The van der Waals surface area contributed by atoms with Crippen LogP contribution < -0.4 is 18.9 Å². The van der Waals surface area contributed by atoms with E-state index in [0.717, 1.165) is 24.5 Å². The molecule has 0 saturated carbocycles. The summed E-state index contributed by atoms with van der Waals surface area (Å²) in [4.78, 5) is 29.2. The lowest BCUT2D eigenvalue weighted by atomic mass is 10.1. The van der Waals surface area contributed by atoms with Crippen molar-refractivity contribution in [3.63, 3.8) is 0 Å². The number of hydrogen-bond donors (Lipinski definition) is 0. The molecular formula is C34H24Cl10N4O9. The van der Waals surface area contributed by atoms with Gasteiger partial charge in [-0.2, -0.15) is 0 Å². The van der Waals surface area contributed by atoms with Gasteiger partial charge in [0.2, 0.25) is 11.8 Å². The molecule has 0 spiro atoms. The van der Waals surface area contributed by atoms with Crippen molar-refractivity contribution in [2.45, 2.75) is 25.0 Å². The molecular weight excluding hydrogens is 963 g/mol. The topological polar surface area (TPSA) is 158 Å². The largest absolute Gasteiger partial charge is 0.489 e. The van der Waals surface area contributed by atoms with E-state index < -0.39 is 22.1 Å². The molecule has 2 aromatic carbocycles. The third kappa shape index (κ3) is 14.1. The summed E-state index contributed by atoms with van der Waals surface area (Å²) < 4.78 is 29.5. The van der Waals surface area contributed by atoms with Gasteiger partial charge >= 0.3 is 0 Å². The van der Waals surface area contributed by atoms with Gasteiger partial charge in [0.05, 0.1) is 43.2 Å². The van der Waals surface area contributed by atoms with Crippen molar-refractivity contribution in [1.29, 1.82) is 0 Å². The summed E-state index contributed by atoms with van der Waals surface area (Å²) in [5.41, 5.74) is -0.0929. The quantitative estimate of drug-likeness (QED) is 0.0471. The van der Waals surface area contributed by atoms with E-state index in [9.17, 15) is 20.2 Å². The maximum absolute atomic E-state index is 11.3. The van der Waals surface area contributed by atoms with E-state index in [1.807, 2.05) is 0 Å². The van der Waals surface area contributed by atoms with Crippen molar-refractivity contribution < 1.29 is 33.5 Å². The number of halogens is 10. The lowest BCUT2D eigenvalue weighted by Crippen LogP contribution is -2.16. The van der Waals surface area contributed by atoms with Crippen molar-refractivity contribution in [2.24, 2.45) is 0 Å². The fourth-order valence-electron chi connectivity index (χ4n) is 4.79. The lowest BCUT2D eigenvalue weighted by Gasteiger charge is -2.23. The molecule has 4 aromatic rings. The molecule has 2 heterocycles. The molecule has 23 heteroatoms. The summed E-state index contributed by atoms with van der Waals surface area (Å²) in [7, 11) is 0. The third-order valence-electron chi connectivity index (χ3n) is 7.29. The van der Waals surface area contributed by atoms with Crippen LogP contribution in [0.4, 0.5) is 11.4 Å². The molecule has 0 aliphatic heterocycles. The van der Waals surface area contributed by atoms with Gasteiger partial charge in [0.1, 0.15) is 68.3 Å². The van der Waals surface area contributed by atoms with Crippen LogP contribution in [-0.4, -0.2) is 46.2 Å². The smallest absolute Gasteiger partial charge is 0.289 e. The number of aromatic nitrogens is 2. The Hall–Kier alpha value is -2.92. The molecule has 0 aliphatic rings. The van der Waals surface area contributed by atoms with Crippen LogP contribution in [0.5, 0.6) is 23.3 Å². The second kappa shape index (κ2) is 22.5. The highest BCUT2D eigenvalue weighted by molar-refractivity contribution is 6.56. The fourth-order valence-corrected chi connectivity index (χ4v) is 6.87. The van der Waals surface area contributed by atoms with Gasteiger partial charge in [-0.25, -0.2) is 9.97 Å². The Morgan fingerprint density at radius 2 is 0.947 bits per heavy atom. The molecule has 0 N–H and O–H groups in total. The van der Waals surface area contributed by atoms with E-state index in [2.05, 4.69) is 9.97 Å². The standard InChI is InChI=1S/C34H24Cl10N4O9/c35-21-11-19(54-7-3-29(41)42)12-22(36)31(21)27(56-33-25(39)9-17(15-45-33)47(49)50)1-5-53-6-2-28(57-34-26(40)10-18(16-46-34)48(51)52)32-23(37)13-20(14-24(32)38)55-8-4-30(43)44/h3-4,9-16,27-28H,1-2,5-8H2. The van der Waals surface area contributed by atoms with Gasteiger partial charge in [0.25, 0.3) is 11.4 Å². The molecule has 0 amide bonds. The number of benzene rings is 2. The maximum atomic E-state index is 11.3. The number of ether oxygens (including phenoxy) is 5. The monoisotopic (exact) mass is 982 g/mol. The Morgan fingerprint density at radius 1 is 0.596 bits per heavy atom. The Balaban J connectivity index is 1.57. The van der Waals surface area contributed by atoms with Gasteiger partial charge in [0, 0.05) is 36.1 Å². The van der Waals surface area contributed by atoms with Crippen molar-refractivity contribution in [1.82, 2.24) is 9.97 Å².